The summed E-state index contributed by atoms with van der Waals surface area (Å²) in [5.41, 5.74) is -1.95. The third-order valence-corrected chi connectivity index (χ3v) is 1.49. The molecule has 1 heterocycles. The van der Waals surface area contributed by atoms with Gasteiger partial charge in [0.1, 0.15) is 0 Å². The number of amides is 3. The average molecular weight is 160 g/mol. The van der Waals surface area contributed by atoms with E-state index in [0.717, 1.165) is 6.92 Å². The molecule has 0 aromatic heterocycles. The Morgan fingerprint density at radius 1 is 1.55 bits per heavy atom. The van der Waals surface area contributed by atoms with Gasteiger partial charge >= 0.3 is 6.03 Å². The molecule has 6 nitrogen and oxygen atoms in total. The monoisotopic (exact) mass is 160 g/mol. The normalized spacial score (nSPS) is 37.9. The van der Waals surface area contributed by atoms with E-state index in [9.17, 15) is 9.59 Å². The van der Waals surface area contributed by atoms with Crippen LogP contribution in [0.25, 0.3) is 0 Å². The van der Waals surface area contributed by atoms with E-state index in [1.54, 1.807) is 5.32 Å². The first-order chi connectivity index (χ1) is 4.94. The van der Waals surface area contributed by atoms with Gasteiger partial charge in [-0.15, -0.1) is 0 Å². The summed E-state index contributed by atoms with van der Waals surface area (Å²) in [5.74, 6) is -0.909. The lowest BCUT2D eigenvalue weighted by molar-refractivity contribution is -0.153. The molecule has 1 aliphatic rings. The molecule has 1 saturated heterocycles. The molecular formula is C5H8N2O4. The van der Waals surface area contributed by atoms with E-state index < -0.39 is 23.8 Å². The SMILES string of the molecule is CC1(O)C(=O)NC(=O)N[C@@H]1O. The Kier molecular flexibility index (Phi) is 1.57. The zero-order valence-electron chi connectivity index (χ0n) is 5.79. The molecule has 0 aromatic rings. The Morgan fingerprint density at radius 2 is 2.09 bits per heavy atom. The highest BCUT2D eigenvalue weighted by molar-refractivity contribution is 6.01. The van der Waals surface area contributed by atoms with Crippen LogP contribution in [0.3, 0.4) is 0 Å². The average Bonchev–Trinajstić information content (AvgIpc) is 1.84. The largest absolute Gasteiger partial charge is 0.376 e. The number of aliphatic hydroxyl groups is 2. The number of nitrogens with one attached hydrogen (secondary N) is 2. The molecule has 0 radical (unpaired) electrons. The number of rotatable bonds is 0. The predicted molar refractivity (Wildman–Crippen MR) is 33.3 cm³/mol. The second kappa shape index (κ2) is 2.18. The van der Waals surface area contributed by atoms with Crippen LogP contribution in [0.1, 0.15) is 6.92 Å². The van der Waals surface area contributed by atoms with Crippen molar-refractivity contribution in [2.45, 2.75) is 18.8 Å². The second-order valence-electron chi connectivity index (χ2n) is 2.48. The van der Waals surface area contributed by atoms with Crippen LogP contribution in [0.15, 0.2) is 0 Å². The fourth-order valence-corrected chi connectivity index (χ4v) is 0.655. The van der Waals surface area contributed by atoms with Gasteiger partial charge in [0.25, 0.3) is 5.91 Å². The molecule has 11 heavy (non-hydrogen) atoms. The lowest BCUT2D eigenvalue weighted by atomic mass is 10.0. The number of carbonyl (C=O) groups is 2. The van der Waals surface area contributed by atoms with Gasteiger partial charge in [-0.25, -0.2) is 4.79 Å². The van der Waals surface area contributed by atoms with Crippen LogP contribution < -0.4 is 10.6 Å². The van der Waals surface area contributed by atoms with Gasteiger partial charge < -0.3 is 15.5 Å². The van der Waals surface area contributed by atoms with Gasteiger partial charge in [0.2, 0.25) is 0 Å². The predicted octanol–water partition coefficient (Wildman–Crippen LogP) is -2.10. The van der Waals surface area contributed by atoms with Crippen LogP contribution in [0.4, 0.5) is 4.79 Å². The van der Waals surface area contributed by atoms with E-state index in [1.807, 2.05) is 5.32 Å². The highest BCUT2D eigenvalue weighted by Crippen LogP contribution is 2.10. The van der Waals surface area contributed by atoms with Gasteiger partial charge in [-0.05, 0) is 6.92 Å². The van der Waals surface area contributed by atoms with Crippen molar-refractivity contribution < 1.29 is 19.8 Å². The van der Waals surface area contributed by atoms with Gasteiger partial charge in [0.15, 0.2) is 11.8 Å². The van der Waals surface area contributed by atoms with Gasteiger partial charge in [-0.2, -0.15) is 0 Å². The summed E-state index contributed by atoms with van der Waals surface area (Å²) in [4.78, 5) is 21.2. The molecule has 0 spiro atoms. The molecule has 62 valence electrons. The minimum atomic E-state index is -1.95. The summed E-state index contributed by atoms with van der Waals surface area (Å²) >= 11 is 0. The van der Waals surface area contributed by atoms with Crippen LogP contribution in [0, 0.1) is 0 Å². The maximum atomic E-state index is 10.8. The standard InChI is InChI=1S/C5H8N2O4/c1-5(11)2(8)6-4(10)7-3(5)9/h2,8,11H,1H3,(H2,6,7,9,10)/t2-,5?/m1/s1. The van der Waals surface area contributed by atoms with Crippen LogP contribution in [-0.4, -0.2) is 34.0 Å². The lowest BCUT2D eigenvalue weighted by Crippen LogP contribution is -2.67. The van der Waals surface area contributed by atoms with Gasteiger partial charge in [-0.3, -0.25) is 10.1 Å². The minimum absolute atomic E-state index is 0.811. The fraction of sp³-hybridized carbons (Fsp3) is 0.600. The highest BCUT2D eigenvalue weighted by atomic mass is 16.4. The van der Waals surface area contributed by atoms with Crippen molar-refractivity contribution in [1.82, 2.24) is 10.6 Å². The highest BCUT2D eigenvalue weighted by Gasteiger charge is 2.44. The molecule has 1 aliphatic heterocycles. The van der Waals surface area contributed by atoms with Crippen molar-refractivity contribution >= 4 is 11.9 Å². The van der Waals surface area contributed by atoms with E-state index in [1.165, 1.54) is 0 Å². The maximum Gasteiger partial charge on any atom is 0.323 e. The number of carbonyl (C=O) groups excluding carboxylic acids is 2. The zero-order valence-corrected chi connectivity index (χ0v) is 5.79. The third kappa shape index (κ3) is 1.17. The van der Waals surface area contributed by atoms with Crippen molar-refractivity contribution in [1.29, 1.82) is 0 Å². The third-order valence-electron chi connectivity index (χ3n) is 1.49. The second-order valence-corrected chi connectivity index (χ2v) is 2.48. The minimum Gasteiger partial charge on any atom is -0.376 e. The molecule has 0 aromatic carbocycles. The van der Waals surface area contributed by atoms with E-state index >= 15 is 0 Å². The first-order valence-corrected chi connectivity index (χ1v) is 2.97. The maximum absolute atomic E-state index is 10.8. The van der Waals surface area contributed by atoms with Crippen molar-refractivity contribution in [3.8, 4) is 0 Å². The Bertz CT molecular complexity index is 213. The first-order valence-electron chi connectivity index (χ1n) is 2.97. The molecule has 0 aliphatic carbocycles. The molecule has 0 saturated carbocycles. The number of hydrogen-bond acceptors (Lipinski definition) is 4. The summed E-state index contributed by atoms with van der Waals surface area (Å²) in [6.45, 7) is 1.10. The molecule has 0 bridgehead atoms. The molecule has 1 unspecified atom stereocenters. The van der Waals surface area contributed by atoms with Crippen molar-refractivity contribution in [3.05, 3.63) is 0 Å². The molecule has 1 rings (SSSR count). The molecular weight excluding hydrogens is 152 g/mol. The summed E-state index contributed by atoms with van der Waals surface area (Å²) in [6, 6.07) is -0.811. The number of urea groups is 1. The summed E-state index contributed by atoms with van der Waals surface area (Å²) in [5, 5.41) is 21.8. The van der Waals surface area contributed by atoms with Gasteiger partial charge in [0.05, 0.1) is 0 Å². The zero-order chi connectivity index (χ0) is 8.65. The quantitative estimate of drug-likeness (QED) is 0.326. The molecule has 1 fully saturated rings. The van der Waals surface area contributed by atoms with E-state index in [4.69, 9.17) is 10.2 Å². The van der Waals surface area contributed by atoms with Crippen molar-refractivity contribution in [2.75, 3.05) is 0 Å². The van der Waals surface area contributed by atoms with Gasteiger partial charge in [-0.1, -0.05) is 0 Å². The number of aliphatic hydroxyl groups excluding tert-OH is 1. The topological polar surface area (TPSA) is 98.7 Å². The van der Waals surface area contributed by atoms with E-state index in [0.29, 0.717) is 0 Å². The Hall–Kier alpha value is -1.14. The van der Waals surface area contributed by atoms with Crippen molar-refractivity contribution in [2.24, 2.45) is 0 Å². The lowest BCUT2D eigenvalue weighted by Gasteiger charge is -2.32. The Morgan fingerprint density at radius 3 is 2.55 bits per heavy atom. The van der Waals surface area contributed by atoms with Crippen LogP contribution in [0.2, 0.25) is 0 Å². The Labute approximate surface area is 62.2 Å². The molecule has 2 atom stereocenters. The smallest absolute Gasteiger partial charge is 0.323 e. The summed E-state index contributed by atoms with van der Waals surface area (Å²) in [6.07, 6.45) is -1.55. The summed E-state index contributed by atoms with van der Waals surface area (Å²) in [7, 11) is 0. The summed E-state index contributed by atoms with van der Waals surface area (Å²) < 4.78 is 0. The molecule has 3 amide bonds. The molecule has 6 heteroatoms. The van der Waals surface area contributed by atoms with Gasteiger partial charge in [0, 0.05) is 0 Å². The first kappa shape index (κ1) is 7.96. The van der Waals surface area contributed by atoms with Crippen molar-refractivity contribution in [3.63, 3.8) is 0 Å². The van der Waals surface area contributed by atoms with Crippen LogP contribution >= 0.6 is 0 Å². The number of hydrogen-bond donors (Lipinski definition) is 4. The van der Waals surface area contributed by atoms with E-state index in [-0.39, 0.29) is 0 Å². The fourth-order valence-electron chi connectivity index (χ4n) is 0.655. The van der Waals surface area contributed by atoms with Crippen LogP contribution in [0.5, 0.6) is 0 Å². The van der Waals surface area contributed by atoms with E-state index in [2.05, 4.69) is 0 Å². The molecule has 4 N–H and O–H groups in total. The Balaban J connectivity index is 2.84. The number of imide groups is 1. The van der Waals surface area contributed by atoms with Crippen LogP contribution in [-0.2, 0) is 4.79 Å².